The number of carbonyl (C=O) groups excluding carboxylic acids is 5. The van der Waals surface area contributed by atoms with Crippen LogP contribution >= 0.6 is 0 Å². The average molecular weight is 795 g/mol. The van der Waals surface area contributed by atoms with Gasteiger partial charge in [-0.25, -0.2) is 14.4 Å². The Morgan fingerprint density at radius 2 is 1.84 bits per heavy atom. The minimum absolute atomic E-state index is 0.0449. The van der Waals surface area contributed by atoms with Gasteiger partial charge in [-0.3, -0.25) is 34.2 Å². The van der Waals surface area contributed by atoms with Crippen molar-refractivity contribution >= 4 is 51.9 Å². The summed E-state index contributed by atoms with van der Waals surface area (Å²) in [7, 11) is 0. The molecule has 58 heavy (non-hydrogen) atoms. The van der Waals surface area contributed by atoms with Crippen molar-refractivity contribution in [2.45, 2.75) is 76.2 Å². The Hall–Kier alpha value is -6.32. The van der Waals surface area contributed by atoms with E-state index >= 15 is 4.39 Å². The van der Waals surface area contributed by atoms with Crippen LogP contribution in [0, 0.1) is 11.3 Å². The van der Waals surface area contributed by atoms with Crippen LogP contribution in [0.1, 0.15) is 89.0 Å². The summed E-state index contributed by atoms with van der Waals surface area (Å²) in [4.78, 5) is 73.3. The molecule has 0 spiro atoms. The third-order valence-corrected chi connectivity index (χ3v) is 10.2. The number of hydrogen-bond acceptors (Lipinski definition) is 13. The van der Waals surface area contributed by atoms with Gasteiger partial charge in [0, 0.05) is 68.4 Å². The minimum Gasteiger partial charge on any atom is -0.384 e. The molecule has 1 saturated heterocycles. The van der Waals surface area contributed by atoms with Crippen molar-refractivity contribution in [3.63, 3.8) is 0 Å². The number of carbonyl (C=O) groups is 5. The van der Waals surface area contributed by atoms with Crippen LogP contribution in [0.5, 0.6) is 0 Å². The zero-order chi connectivity index (χ0) is 41.0. The summed E-state index contributed by atoms with van der Waals surface area (Å²) in [6.45, 7) is 4.39. The summed E-state index contributed by atoms with van der Waals surface area (Å²) in [5.74, 6) is -2.30. The van der Waals surface area contributed by atoms with Crippen molar-refractivity contribution in [3.8, 4) is 11.9 Å². The topological polar surface area (TPSA) is 223 Å². The molecule has 0 bridgehead atoms. The lowest BCUT2D eigenvalue weighted by Crippen LogP contribution is -2.54. The molecular weight excluding hydrogens is 752 g/mol. The smallest absolute Gasteiger partial charge is 0.264 e. The van der Waals surface area contributed by atoms with E-state index in [1.807, 2.05) is 0 Å². The number of imide groups is 2. The lowest BCUT2D eigenvalue weighted by molar-refractivity contribution is -0.136. The Kier molecular flexibility index (Phi) is 11.7. The van der Waals surface area contributed by atoms with Crippen LogP contribution in [-0.4, -0.2) is 111 Å². The summed E-state index contributed by atoms with van der Waals surface area (Å²) in [6.07, 6.45) is 6.08. The maximum Gasteiger partial charge on any atom is 0.264 e. The molecule has 2 atom stereocenters. The number of alkyl halides is 1. The van der Waals surface area contributed by atoms with Crippen molar-refractivity contribution in [2.75, 3.05) is 43.5 Å². The van der Waals surface area contributed by atoms with Crippen LogP contribution in [-0.2, 0) is 19.1 Å². The summed E-state index contributed by atoms with van der Waals surface area (Å²) >= 11 is 0. The fourth-order valence-electron chi connectivity index (χ4n) is 6.73. The molecular formula is C40H43FN10O7. The molecule has 2 unspecified atom stereocenters. The fraction of sp³-hybridized carbons (Fsp3) is 0.425. The van der Waals surface area contributed by atoms with Crippen molar-refractivity contribution in [3.05, 3.63) is 71.2 Å². The van der Waals surface area contributed by atoms with E-state index in [9.17, 15) is 29.2 Å². The van der Waals surface area contributed by atoms with Gasteiger partial charge < -0.3 is 25.4 Å². The highest BCUT2D eigenvalue weighted by molar-refractivity contribution is 6.25. The number of nitrogens with zero attached hydrogens (tertiary/aromatic N) is 6. The molecule has 0 radical (unpaired) electrons. The van der Waals surface area contributed by atoms with Gasteiger partial charge in [-0.05, 0) is 64.2 Å². The molecule has 17 nitrogen and oxygen atoms in total. The number of anilines is 2. The average Bonchev–Trinajstić information content (AvgIpc) is 3.87. The number of benzene rings is 1. The highest BCUT2D eigenvalue weighted by Gasteiger charge is 2.45. The van der Waals surface area contributed by atoms with Gasteiger partial charge in [0.2, 0.25) is 11.8 Å². The molecule has 18 heteroatoms. The zero-order valence-corrected chi connectivity index (χ0v) is 32.0. The Balaban J connectivity index is 0.825. The number of amides is 5. The van der Waals surface area contributed by atoms with Crippen molar-refractivity contribution in [2.24, 2.45) is 0 Å². The molecule has 1 aliphatic carbocycles. The largest absolute Gasteiger partial charge is 0.384 e. The minimum atomic E-state index is -1.52. The van der Waals surface area contributed by atoms with Crippen molar-refractivity contribution < 1.29 is 37.8 Å². The zero-order valence-electron chi connectivity index (χ0n) is 32.0. The summed E-state index contributed by atoms with van der Waals surface area (Å²) in [6, 6.07) is 9.52. The Morgan fingerprint density at radius 3 is 2.62 bits per heavy atom. The van der Waals surface area contributed by atoms with E-state index < -0.39 is 47.4 Å². The molecule has 4 aromatic rings. The first-order valence-corrected chi connectivity index (χ1v) is 19.2. The van der Waals surface area contributed by atoms with E-state index in [0.717, 1.165) is 17.7 Å². The molecule has 2 aliphatic heterocycles. The standard InChI is InChI=1S/C40H43FN10O7/c1-40(2,31(41)22-46-36(53)27-21-44-32(17-29(27)48-25-8-9-25)51-35-24(20-47-51)16-23(18-42)19-45-35)58-15-5-14-57-13-4-12-43-28-7-3-6-26-34(28)39(56)50(38(26)55)30-10-11-33(52)49-37(30)54/h3,6-7,16-17,19-21,25,30-31,43H,4-5,8-15,22H2,1-2H3,(H,44,48)(H,46,53)(H,49,52,54). The molecule has 5 amide bonds. The van der Waals surface area contributed by atoms with Gasteiger partial charge in [-0.1, -0.05) is 6.07 Å². The summed E-state index contributed by atoms with van der Waals surface area (Å²) in [5, 5.41) is 25.7. The molecule has 4 N–H and O–H groups in total. The van der Waals surface area contributed by atoms with E-state index in [0.29, 0.717) is 66.4 Å². The second-order valence-electron chi connectivity index (χ2n) is 14.9. The van der Waals surface area contributed by atoms with E-state index in [4.69, 9.17) is 9.47 Å². The Morgan fingerprint density at radius 1 is 1.03 bits per heavy atom. The number of piperidine rings is 1. The molecule has 3 aliphatic rings. The summed E-state index contributed by atoms with van der Waals surface area (Å²) in [5.41, 5.74) is 1.39. The first-order chi connectivity index (χ1) is 27.9. The first-order valence-electron chi connectivity index (χ1n) is 19.2. The lowest BCUT2D eigenvalue weighted by Gasteiger charge is -2.29. The van der Waals surface area contributed by atoms with Crippen molar-refractivity contribution in [1.29, 1.82) is 5.26 Å². The Bertz CT molecular complexity index is 2300. The predicted molar refractivity (Wildman–Crippen MR) is 207 cm³/mol. The number of nitrogens with one attached hydrogen (secondary N) is 4. The number of halogens is 1. The highest BCUT2D eigenvalue weighted by Crippen LogP contribution is 2.33. The molecule has 5 heterocycles. The SMILES string of the molecule is CC(C)(OCCCOCCCNc1cccc2c1C(=O)N(C1CCC(=O)NC1=O)C2=O)C(F)CNC(=O)c1cnc(-n2ncc3cc(C#N)cnc32)cc1NC1CC1. The van der Waals surface area contributed by atoms with Crippen LogP contribution in [0.15, 0.2) is 48.9 Å². The number of aromatic nitrogens is 4. The van der Waals surface area contributed by atoms with Gasteiger partial charge in [-0.2, -0.15) is 15.0 Å². The second kappa shape index (κ2) is 17.0. The van der Waals surface area contributed by atoms with Crippen LogP contribution < -0.4 is 21.3 Å². The molecule has 302 valence electrons. The van der Waals surface area contributed by atoms with Crippen LogP contribution in [0.3, 0.4) is 0 Å². The van der Waals surface area contributed by atoms with E-state index in [2.05, 4.69) is 42.4 Å². The number of hydrogen-bond donors (Lipinski definition) is 4. The first kappa shape index (κ1) is 39.9. The maximum absolute atomic E-state index is 15.4. The summed E-state index contributed by atoms with van der Waals surface area (Å²) < 4.78 is 28.5. The second-order valence-corrected chi connectivity index (χ2v) is 14.9. The van der Waals surface area contributed by atoms with Gasteiger partial charge >= 0.3 is 0 Å². The fourth-order valence-corrected chi connectivity index (χ4v) is 6.73. The number of rotatable bonds is 18. The quantitative estimate of drug-likeness (QED) is 0.0839. The molecule has 7 rings (SSSR count). The monoisotopic (exact) mass is 794 g/mol. The normalized spacial score (nSPS) is 17.2. The van der Waals surface area contributed by atoms with Gasteiger partial charge in [0.05, 0.1) is 46.3 Å². The molecule has 1 saturated carbocycles. The van der Waals surface area contributed by atoms with E-state index in [1.54, 1.807) is 50.4 Å². The lowest BCUT2D eigenvalue weighted by atomic mass is 10.0. The van der Waals surface area contributed by atoms with Gasteiger partial charge in [0.25, 0.3) is 17.7 Å². The molecule has 3 aromatic heterocycles. The highest BCUT2D eigenvalue weighted by atomic mass is 19.1. The number of nitriles is 1. The number of pyridine rings is 2. The van der Waals surface area contributed by atoms with Crippen LogP contribution in [0.25, 0.3) is 16.9 Å². The number of ether oxygens (including phenoxy) is 2. The third kappa shape index (κ3) is 8.65. The predicted octanol–water partition coefficient (Wildman–Crippen LogP) is 3.43. The van der Waals surface area contributed by atoms with Crippen molar-refractivity contribution in [1.82, 2.24) is 35.3 Å². The van der Waals surface area contributed by atoms with Crippen LogP contribution in [0.2, 0.25) is 0 Å². The molecule has 1 aromatic carbocycles. The Labute approximate surface area is 332 Å². The van der Waals surface area contributed by atoms with Gasteiger partial charge in [0.15, 0.2) is 11.5 Å². The number of fused-ring (bicyclic) bond motifs is 2. The molecule has 2 fully saturated rings. The van der Waals surface area contributed by atoms with E-state index in [1.165, 1.54) is 17.1 Å². The maximum atomic E-state index is 15.4. The van der Waals surface area contributed by atoms with E-state index in [-0.39, 0.29) is 48.7 Å². The third-order valence-electron chi connectivity index (χ3n) is 10.2. The van der Waals surface area contributed by atoms with Crippen LogP contribution in [0.4, 0.5) is 15.8 Å². The van der Waals surface area contributed by atoms with Gasteiger partial charge in [-0.15, -0.1) is 0 Å². The van der Waals surface area contributed by atoms with Gasteiger partial charge in [0.1, 0.15) is 18.3 Å².